The molecule has 114 valence electrons. The predicted molar refractivity (Wildman–Crippen MR) is 74.6 cm³/mol. The van der Waals surface area contributed by atoms with Gasteiger partial charge in [0.25, 0.3) is 11.8 Å². The number of hydrogen-bond acceptors (Lipinski definition) is 6. The normalized spacial score (nSPS) is 10.6. The highest BCUT2D eigenvalue weighted by molar-refractivity contribution is 6.03. The number of furan rings is 2. The van der Waals surface area contributed by atoms with Gasteiger partial charge in [0.15, 0.2) is 12.4 Å². The van der Waals surface area contributed by atoms with Crippen molar-refractivity contribution >= 4 is 23.9 Å². The molecule has 2 amide bonds. The lowest BCUT2D eigenvalue weighted by atomic mass is 10.4. The number of rotatable bonds is 5. The van der Waals surface area contributed by atoms with Crippen LogP contribution in [0.2, 0.25) is 0 Å². The minimum absolute atomic E-state index is 0.00670. The fourth-order valence-corrected chi connectivity index (χ4v) is 1.51. The van der Waals surface area contributed by atoms with Gasteiger partial charge in [0.1, 0.15) is 11.5 Å². The van der Waals surface area contributed by atoms with Gasteiger partial charge in [0.2, 0.25) is 0 Å². The lowest BCUT2D eigenvalue weighted by Crippen LogP contribution is -2.33. The number of nitrogens with one attached hydrogen (secondary N) is 1. The van der Waals surface area contributed by atoms with E-state index in [0.717, 1.165) is 6.08 Å². The molecule has 0 atom stereocenters. The first kappa shape index (κ1) is 15.3. The number of ether oxygens (including phenoxy) is 1. The number of hydrogen-bond donors (Lipinski definition) is 1. The fourth-order valence-electron chi connectivity index (χ4n) is 1.51. The SMILES string of the molecule is Cc1ccc(/C=C/C(=O)OCC(=O)NC(=O)c2ccco2)o1. The van der Waals surface area contributed by atoms with E-state index in [1.54, 1.807) is 19.1 Å². The van der Waals surface area contributed by atoms with Crippen LogP contribution < -0.4 is 5.32 Å². The van der Waals surface area contributed by atoms with Gasteiger partial charge < -0.3 is 13.6 Å². The molecule has 2 aromatic rings. The van der Waals surface area contributed by atoms with Crippen molar-refractivity contribution in [3.8, 4) is 0 Å². The number of esters is 1. The molecule has 2 rings (SSSR count). The molecule has 2 heterocycles. The van der Waals surface area contributed by atoms with E-state index < -0.39 is 24.4 Å². The van der Waals surface area contributed by atoms with Gasteiger partial charge in [-0.15, -0.1) is 0 Å². The summed E-state index contributed by atoms with van der Waals surface area (Å²) < 4.78 is 14.7. The summed E-state index contributed by atoms with van der Waals surface area (Å²) in [7, 11) is 0. The average molecular weight is 303 g/mol. The van der Waals surface area contributed by atoms with Crippen LogP contribution in [0.3, 0.4) is 0 Å². The standard InChI is InChI=1S/C15H13NO6/c1-10-4-5-11(22-10)6-7-14(18)21-9-13(17)16-15(19)12-3-2-8-20-12/h2-8H,9H2,1H3,(H,16,17,19)/b7-6+. The van der Waals surface area contributed by atoms with Crippen molar-refractivity contribution in [2.24, 2.45) is 0 Å². The molecule has 0 aliphatic rings. The lowest BCUT2D eigenvalue weighted by molar-refractivity contribution is -0.143. The Balaban J connectivity index is 1.75. The average Bonchev–Trinajstić information content (AvgIpc) is 3.14. The smallest absolute Gasteiger partial charge is 0.331 e. The van der Waals surface area contributed by atoms with Crippen LogP contribution >= 0.6 is 0 Å². The first-order chi connectivity index (χ1) is 10.5. The van der Waals surface area contributed by atoms with Gasteiger partial charge in [0.05, 0.1) is 6.26 Å². The second kappa shape index (κ2) is 7.07. The fraction of sp³-hybridized carbons (Fsp3) is 0.133. The molecule has 0 fully saturated rings. The second-order valence-electron chi connectivity index (χ2n) is 4.24. The maximum absolute atomic E-state index is 11.5. The Kier molecular flexibility index (Phi) is 4.92. The van der Waals surface area contributed by atoms with Gasteiger partial charge >= 0.3 is 5.97 Å². The molecule has 0 bridgehead atoms. The van der Waals surface area contributed by atoms with E-state index in [9.17, 15) is 14.4 Å². The highest BCUT2D eigenvalue weighted by atomic mass is 16.5. The van der Waals surface area contributed by atoms with Gasteiger partial charge in [-0.2, -0.15) is 0 Å². The molecule has 0 aromatic carbocycles. The van der Waals surface area contributed by atoms with Crippen molar-refractivity contribution in [3.05, 3.63) is 53.9 Å². The van der Waals surface area contributed by atoms with E-state index in [-0.39, 0.29) is 5.76 Å². The first-order valence-electron chi connectivity index (χ1n) is 6.33. The minimum atomic E-state index is -0.753. The van der Waals surface area contributed by atoms with E-state index >= 15 is 0 Å². The number of imide groups is 1. The summed E-state index contributed by atoms with van der Waals surface area (Å²) in [6, 6.07) is 6.36. The molecule has 0 spiro atoms. The number of aryl methyl sites for hydroxylation is 1. The van der Waals surface area contributed by atoms with Crippen LogP contribution in [-0.2, 0) is 14.3 Å². The molecule has 1 N–H and O–H groups in total. The maximum Gasteiger partial charge on any atom is 0.331 e. The molecule has 0 aliphatic heterocycles. The van der Waals surface area contributed by atoms with Gasteiger partial charge in [-0.1, -0.05) is 0 Å². The summed E-state index contributed by atoms with van der Waals surface area (Å²) in [6.45, 7) is 1.20. The highest BCUT2D eigenvalue weighted by Gasteiger charge is 2.13. The second-order valence-corrected chi connectivity index (χ2v) is 4.24. The Bertz CT molecular complexity index is 695. The molecule has 0 aliphatic carbocycles. The van der Waals surface area contributed by atoms with Crippen molar-refractivity contribution in [1.29, 1.82) is 0 Å². The molecular weight excluding hydrogens is 290 g/mol. The van der Waals surface area contributed by atoms with Crippen molar-refractivity contribution < 1.29 is 28.0 Å². The maximum atomic E-state index is 11.5. The van der Waals surface area contributed by atoms with Crippen LogP contribution in [0.15, 0.2) is 45.4 Å². The molecule has 0 saturated carbocycles. The van der Waals surface area contributed by atoms with E-state index in [2.05, 4.69) is 4.74 Å². The molecule has 0 unspecified atom stereocenters. The zero-order valence-corrected chi connectivity index (χ0v) is 11.7. The number of carbonyl (C=O) groups is 3. The van der Waals surface area contributed by atoms with Gasteiger partial charge in [0, 0.05) is 6.08 Å². The quantitative estimate of drug-likeness (QED) is 0.666. The number of carbonyl (C=O) groups excluding carboxylic acids is 3. The van der Waals surface area contributed by atoms with Crippen molar-refractivity contribution in [2.45, 2.75) is 6.92 Å². The van der Waals surface area contributed by atoms with Crippen LogP contribution in [0.5, 0.6) is 0 Å². The molecule has 7 nitrogen and oxygen atoms in total. The monoisotopic (exact) mass is 303 g/mol. The van der Waals surface area contributed by atoms with E-state index in [1.807, 2.05) is 5.32 Å². The Labute approximate surface area is 125 Å². The minimum Gasteiger partial charge on any atom is -0.462 e. The topological polar surface area (TPSA) is 98.8 Å². The number of amides is 2. The third-order valence-corrected chi connectivity index (χ3v) is 2.49. The highest BCUT2D eigenvalue weighted by Crippen LogP contribution is 2.07. The zero-order chi connectivity index (χ0) is 15.9. The van der Waals surface area contributed by atoms with E-state index in [1.165, 1.54) is 24.5 Å². The van der Waals surface area contributed by atoms with Gasteiger partial charge in [-0.05, 0) is 37.3 Å². The molecule has 0 radical (unpaired) electrons. The predicted octanol–water partition coefficient (Wildman–Crippen LogP) is 1.69. The first-order valence-corrected chi connectivity index (χ1v) is 6.33. The van der Waals surface area contributed by atoms with Crippen LogP contribution in [0.4, 0.5) is 0 Å². The largest absolute Gasteiger partial charge is 0.462 e. The summed E-state index contributed by atoms with van der Waals surface area (Å²) >= 11 is 0. The van der Waals surface area contributed by atoms with Crippen LogP contribution in [0, 0.1) is 6.92 Å². The summed E-state index contributed by atoms with van der Waals surface area (Å²) in [6.07, 6.45) is 3.85. The third-order valence-electron chi connectivity index (χ3n) is 2.49. The van der Waals surface area contributed by atoms with Crippen LogP contribution in [-0.4, -0.2) is 24.4 Å². The summed E-state index contributed by atoms with van der Waals surface area (Å²) in [5.74, 6) is -0.984. The molecule has 0 saturated heterocycles. The molecule has 2 aromatic heterocycles. The zero-order valence-electron chi connectivity index (χ0n) is 11.7. The Morgan fingerprint density at radius 3 is 2.73 bits per heavy atom. The lowest BCUT2D eigenvalue weighted by Gasteiger charge is -2.02. The van der Waals surface area contributed by atoms with Crippen molar-refractivity contribution in [2.75, 3.05) is 6.61 Å². The van der Waals surface area contributed by atoms with Gasteiger partial charge in [-0.25, -0.2) is 4.79 Å². The Morgan fingerprint density at radius 2 is 2.09 bits per heavy atom. The van der Waals surface area contributed by atoms with E-state index in [0.29, 0.717) is 11.5 Å². The Hall–Kier alpha value is -3.09. The van der Waals surface area contributed by atoms with Crippen LogP contribution in [0.25, 0.3) is 6.08 Å². The van der Waals surface area contributed by atoms with Crippen molar-refractivity contribution in [3.63, 3.8) is 0 Å². The van der Waals surface area contributed by atoms with Gasteiger partial charge in [-0.3, -0.25) is 14.9 Å². The summed E-state index contributed by atoms with van der Waals surface area (Å²) in [5.41, 5.74) is 0. The van der Waals surface area contributed by atoms with Crippen LogP contribution in [0.1, 0.15) is 22.1 Å². The summed E-state index contributed by atoms with van der Waals surface area (Å²) in [4.78, 5) is 34.3. The Morgan fingerprint density at radius 1 is 1.27 bits per heavy atom. The molecule has 7 heteroatoms. The van der Waals surface area contributed by atoms with E-state index in [4.69, 9.17) is 8.83 Å². The molecule has 22 heavy (non-hydrogen) atoms. The van der Waals surface area contributed by atoms with Crippen molar-refractivity contribution in [1.82, 2.24) is 5.32 Å². The third kappa shape index (κ3) is 4.48. The summed E-state index contributed by atoms with van der Waals surface area (Å²) in [5, 5.41) is 2.02. The molecular formula is C15H13NO6.